The molecule has 0 unspecified atom stereocenters. The zero-order chi connectivity index (χ0) is 21.5. The summed E-state index contributed by atoms with van der Waals surface area (Å²) >= 11 is 6.39. The number of aromatic nitrogens is 5. The van der Waals surface area contributed by atoms with E-state index in [4.69, 9.17) is 16.3 Å². The second-order valence-corrected chi connectivity index (χ2v) is 7.11. The van der Waals surface area contributed by atoms with Crippen LogP contribution in [0.5, 0.6) is 5.75 Å². The Morgan fingerprint density at radius 1 is 1.33 bits per heavy atom. The number of H-pyrrole nitrogens is 1. The number of aromatic amines is 1. The van der Waals surface area contributed by atoms with Gasteiger partial charge in [-0.05, 0) is 43.7 Å². The molecule has 30 heavy (non-hydrogen) atoms. The number of aryl methyl sites for hydroxylation is 2. The summed E-state index contributed by atoms with van der Waals surface area (Å²) in [4.78, 5) is 16.6. The molecule has 9 heteroatoms. The maximum Gasteiger partial charge on any atom is 0.244 e. The van der Waals surface area contributed by atoms with E-state index in [1.165, 1.54) is 6.08 Å². The van der Waals surface area contributed by atoms with Gasteiger partial charge >= 0.3 is 0 Å². The Morgan fingerprint density at radius 2 is 2.10 bits per heavy atom. The van der Waals surface area contributed by atoms with Crippen molar-refractivity contribution in [3.8, 4) is 17.1 Å². The summed E-state index contributed by atoms with van der Waals surface area (Å²) in [7, 11) is 1.62. The second kappa shape index (κ2) is 10.1. The predicted molar refractivity (Wildman–Crippen MR) is 116 cm³/mol. The number of amides is 1. The van der Waals surface area contributed by atoms with E-state index in [2.05, 4.69) is 32.5 Å². The van der Waals surface area contributed by atoms with Gasteiger partial charge in [0.15, 0.2) is 5.82 Å². The molecule has 2 N–H and O–H groups in total. The number of hydrogen-bond donors (Lipinski definition) is 2. The van der Waals surface area contributed by atoms with Gasteiger partial charge in [0, 0.05) is 23.7 Å². The quantitative estimate of drug-likeness (QED) is 0.505. The Labute approximate surface area is 180 Å². The number of carbonyl (C=O) groups excluding carboxylic acids is 1. The van der Waals surface area contributed by atoms with Crippen LogP contribution in [0.1, 0.15) is 36.8 Å². The Hall–Kier alpha value is -3.13. The minimum atomic E-state index is -0.255. The van der Waals surface area contributed by atoms with E-state index in [0.29, 0.717) is 16.8 Å². The van der Waals surface area contributed by atoms with E-state index in [9.17, 15) is 4.79 Å². The van der Waals surface area contributed by atoms with E-state index < -0.39 is 0 Å². The fraction of sp³-hybridized carbons (Fsp3) is 0.333. The summed E-state index contributed by atoms with van der Waals surface area (Å²) in [6.45, 7) is 4.98. The van der Waals surface area contributed by atoms with E-state index in [0.717, 1.165) is 42.0 Å². The molecule has 0 aliphatic heterocycles. The molecule has 8 nitrogen and oxygen atoms in total. The van der Waals surface area contributed by atoms with Gasteiger partial charge in [0.1, 0.15) is 16.7 Å². The maximum absolute atomic E-state index is 12.2. The molecular formula is C21H25ClN6O2. The third kappa shape index (κ3) is 5.27. The fourth-order valence-corrected chi connectivity index (χ4v) is 3.17. The number of unbranched alkanes of at least 4 members (excludes halogenated alkanes) is 1. The first kappa shape index (κ1) is 21.6. The average Bonchev–Trinajstić information content (AvgIpc) is 3.34. The molecule has 3 rings (SSSR count). The van der Waals surface area contributed by atoms with Crippen LogP contribution in [-0.2, 0) is 17.9 Å². The van der Waals surface area contributed by atoms with Crippen molar-refractivity contribution < 1.29 is 9.53 Å². The van der Waals surface area contributed by atoms with Crippen LogP contribution < -0.4 is 10.1 Å². The van der Waals surface area contributed by atoms with Crippen LogP contribution in [-0.4, -0.2) is 38.0 Å². The first-order chi connectivity index (χ1) is 14.5. The van der Waals surface area contributed by atoms with Crippen LogP contribution in [0.25, 0.3) is 17.5 Å². The Balaban J connectivity index is 1.57. The van der Waals surface area contributed by atoms with Gasteiger partial charge in [-0.15, -0.1) is 0 Å². The lowest BCUT2D eigenvalue weighted by atomic mass is 10.2. The highest BCUT2D eigenvalue weighted by Gasteiger charge is 2.11. The molecule has 3 aromatic rings. The van der Waals surface area contributed by atoms with Crippen LogP contribution in [0, 0.1) is 6.92 Å². The van der Waals surface area contributed by atoms with Gasteiger partial charge in [-0.3, -0.25) is 14.6 Å². The van der Waals surface area contributed by atoms with Crippen molar-refractivity contribution in [3.63, 3.8) is 0 Å². The standard InChI is InChI=1S/C21H25ClN6O2/c1-4-5-12-28-20(22)17(14(2)27-28)10-11-19(29)23-13-18-24-21(26-25-18)15-6-8-16(30-3)9-7-15/h6-11H,4-5,12-13H2,1-3H3,(H,23,29)(H,24,25,26)/b11-10+. The van der Waals surface area contributed by atoms with Gasteiger partial charge in [0.2, 0.25) is 5.91 Å². The van der Waals surface area contributed by atoms with Crippen molar-refractivity contribution in [2.24, 2.45) is 0 Å². The molecule has 0 radical (unpaired) electrons. The fourth-order valence-electron chi connectivity index (χ4n) is 2.84. The molecule has 0 bridgehead atoms. The molecule has 0 spiro atoms. The Kier molecular flexibility index (Phi) is 7.24. The Bertz CT molecular complexity index is 1020. The van der Waals surface area contributed by atoms with Gasteiger partial charge in [0.05, 0.1) is 19.3 Å². The van der Waals surface area contributed by atoms with Crippen molar-refractivity contribution in [1.82, 2.24) is 30.3 Å². The summed E-state index contributed by atoms with van der Waals surface area (Å²) in [5, 5.41) is 14.8. The summed E-state index contributed by atoms with van der Waals surface area (Å²) in [5.41, 5.74) is 2.40. The lowest BCUT2D eigenvalue weighted by Crippen LogP contribution is -2.21. The molecule has 0 aliphatic carbocycles. The monoisotopic (exact) mass is 428 g/mol. The molecule has 0 saturated carbocycles. The molecule has 0 atom stereocenters. The summed E-state index contributed by atoms with van der Waals surface area (Å²) < 4.78 is 6.92. The normalized spacial score (nSPS) is 11.2. The molecule has 2 heterocycles. The molecule has 1 aromatic carbocycles. The average molecular weight is 429 g/mol. The van der Waals surface area contributed by atoms with Crippen LogP contribution in [0.15, 0.2) is 30.3 Å². The van der Waals surface area contributed by atoms with Crippen LogP contribution in [0.3, 0.4) is 0 Å². The van der Waals surface area contributed by atoms with Crippen molar-refractivity contribution >= 4 is 23.6 Å². The van der Waals surface area contributed by atoms with Gasteiger partial charge in [-0.2, -0.15) is 10.2 Å². The molecule has 0 saturated heterocycles. The van der Waals surface area contributed by atoms with Crippen LogP contribution in [0.2, 0.25) is 5.15 Å². The first-order valence-corrected chi connectivity index (χ1v) is 10.1. The highest BCUT2D eigenvalue weighted by Crippen LogP contribution is 2.22. The molecular weight excluding hydrogens is 404 g/mol. The number of rotatable bonds is 9. The van der Waals surface area contributed by atoms with Gasteiger partial charge in [0.25, 0.3) is 0 Å². The lowest BCUT2D eigenvalue weighted by molar-refractivity contribution is -0.116. The molecule has 1 amide bonds. The number of methoxy groups -OCH3 is 1. The minimum Gasteiger partial charge on any atom is -0.497 e. The predicted octanol–water partition coefficient (Wildman–Crippen LogP) is 3.77. The second-order valence-electron chi connectivity index (χ2n) is 6.75. The lowest BCUT2D eigenvalue weighted by Gasteiger charge is -2.01. The number of nitrogens with one attached hydrogen (secondary N) is 2. The molecule has 2 aromatic heterocycles. The molecule has 0 aliphatic rings. The highest BCUT2D eigenvalue weighted by molar-refractivity contribution is 6.31. The third-order valence-electron chi connectivity index (χ3n) is 4.54. The zero-order valence-electron chi connectivity index (χ0n) is 17.3. The topological polar surface area (TPSA) is 97.7 Å². The van der Waals surface area contributed by atoms with E-state index in [1.54, 1.807) is 17.9 Å². The van der Waals surface area contributed by atoms with Gasteiger partial charge in [-0.1, -0.05) is 24.9 Å². The van der Waals surface area contributed by atoms with Crippen molar-refractivity contribution in [1.29, 1.82) is 0 Å². The number of benzene rings is 1. The van der Waals surface area contributed by atoms with E-state index >= 15 is 0 Å². The van der Waals surface area contributed by atoms with Crippen molar-refractivity contribution in [3.05, 3.63) is 52.6 Å². The number of ether oxygens (including phenoxy) is 1. The van der Waals surface area contributed by atoms with Crippen molar-refractivity contribution in [2.45, 2.75) is 39.8 Å². The summed E-state index contributed by atoms with van der Waals surface area (Å²) in [5.74, 6) is 1.62. The van der Waals surface area contributed by atoms with Crippen LogP contribution in [0.4, 0.5) is 0 Å². The SMILES string of the molecule is CCCCn1nc(C)c(/C=C/C(=O)NCc2nc(-c3ccc(OC)cc3)n[nH]2)c1Cl. The van der Waals surface area contributed by atoms with Gasteiger partial charge < -0.3 is 10.1 Å². The van der Waals surface area contributed by atoms with Gasteiger partial charge in [-0.25, -0.2) is 4.98 Å². The smallest absolute Gasteiger partial charge is 0.244 e. The highest BCUT2D eigenvalue weighted by atomic mass is 35.5. The summed E-state index contributed by atoms with van der Waals surface area (Å²) in [6.07, 6.45) is 5.19. The summed E-state index contributed by atoms with van der Waals surface area (Å²) in [6, 6.07) is 7.44. The van der Waals surface area contributed by atoms with Crippen molar-refractivity contribution in [2.75, 3.05) is 7.11 Å². The van der Waals surface area contributed by atoms with E-state index in [1.807, 2.05) is 31.2 Å². The molecule has 158 valence electrons. The minimum absolute atomic E-state index is 0.231. The Morgan fingerprint density at radius 3 is 2.80 bits per heavy atom. The number of nitrogens with zero attached hydrogens (tertiary/aromatic N) is 4. The number of carbonyl (C=O) groups is 1. The number of hydrogen-bond acceptors (Lipinski definition) is 5. The van der Waals surface area contributed by atoms with E-state index in [-0.39, 0.29) is 12.5 Å². The third-order valence-corrected chi connectivity index (χ3v) is 4.94. The van der Waals surface area contributed by atoms with Crippen LogP contribution >= 0.6 is 11.6 Å². The largest absolute Gasteiger partial charge is 0.497 e. The number of halogens is 1. The zero-order valence-corrected chi connectivity index (χ0v) is 18.0. The first-order valence-electron chi connectivity index (χ1n) is 9.76. The molecule has 0 fully saturated rings. The maximum atomic E-state index is 12.2.